The van der Waals surface area contributed by atoms with Crippen molar-refractivity contribution in [3.8, 4) is 0 Å². The van der Waals surface area contributed by atoms with Gasteiger partial charge in [-0.25, -0.2) is 0 Å². The van der Waals surface area contributed by atoms with E-state index in [0.717, 1.165) is 22.7 Å². The molecule has 4 N–H and O–H groups in total. The van der Waals surface area contributed by atoms with Gasteiger partial charge in [-0.15, -0.1) is 11.8 Å². The maximum atomic E-state index is 9.33. The Kier molecular flexibility index (Phi) is 4.91. The maximum absolute atomic E-state index is 9.33. The van der Waals surface area contributed by atoms with Gasteiger partial charge in [0, 0.05) is 23.7 Å². The third-order valence-corrected chi connectivity index (χ3v) is 4.14. The summed E-state index contributed by atoms with van der Waals surface area (Å²) in [5.41, 5.74) is 7.47. The van der Waals surface area contributed by atoms with Crippen LogP contribution < -0.4 is 10.6 Å². The molecule has 0 radical (unpaired) electrons. The first-order valence-electron chi connectivity index (χ1n) is 6.59. The molecule has 2 rings (SSSR count). The number of benzene rings is 1. The van der Waals surface area contributed by atoms with Gasteiger partial charge in [0.05, 0.1) is 24.4 Å². The van der Waals surface area contributed by atoms with Gasteiger partial charge in [-0.1, -0.05) is 6.07 Å². The number of anilines is 1. The first-order chi connectivity index (χ1) is 9.56. The highest BCUT2D eigenvalue weighted by Gasteiger charge is 2.27. The van der Waals surface area contributed by atoms with Gasteiger partial charge in [-0.2, -0.15) is 0 Å². The fraction of sp³-hybridized carbons (Fsp3) is 0.500. The van der Waals surface area contributed by atoms with Gasteiger partial charge in [0.1, 0.15) is 5.84 Å². The van der Waals surface area contributed by atoms with Gasteiger partial charge in [0.15, 0.2) is 0 Å². The highest BCUT2D eigenvalue weighted by molar-refractivity contribution is 7.98. The fourth-order valence-corrected chi connectivity index (χ4v) is 3.20. The molecule has 0 aliphatic carbocycles. The second-order valence-electron chi connectivity index (χ2n) is 4.92. The third kappa shape index (κ3) is 3.08. The summed E-state index contributed by atoms with van der Waals surface area (Å²) in [4.78, 5) is 3.14. The molecular formula is C14H21N3O2S. The van der Waals surface area contributed by atoms with Crippen molar-refractivity contribution in [3.63, 3.8) is 0 Å². The van der Waals surface area contributed by atoms with Gasteiger partial charge in [-0.05, 0) is 25.3 Å². The first-order valence-corrected chi connectivity index (χ1v) is 7.82. The summed E-state index contributed by atoms with van der Waals surface area (Å²) >= 11 is 1.58. The Morgan fingerprint density at radius 2 is 2.30 bits per heavy atom. The molecule has 1 aromatic carbocycles. The largest absolute Gasteiger partial charge is 0.394 e. The normalized spacial score (nSPS) is 22.9. The molecule has 0 amide bonds. The number of nitrogens with zero attached hydrogens (tertiary/aromatic N) is 1. The van der Waals surface area contributed by atoms with E-state index in [1.165, 1.54) is 0 Å². The minimum absolute atomic E-state index is 0.00152. The van der Waals surface area contributed by atoms with E-state index in [9.17, 15) is 5.11 Å². The Morgan fingerprint density at radius 1 is 1.55 bits per heavy atom. The average Bonchev–Trinajstić information content (AvgIpc) is 2.45. The number of thioether (sulfide) groups is 1. The molecule has 1 aliphatic rings. The van der Waals surface area contributed by atoms with E-state index in [0.29, 0.717) is 6.54 Å². The highest BCUT2D eigenvalue weighted by Crippen LogP contribution is 2.31. The number of nitrogen functional groups attached to an aromatic ring is 1. The average molecular weight is 295 g/mol. The van der Waals surface area contributed by atoms with Crippen LogP contribution >= 0.6 is 11.8 Å². The third-order valence-electron chi connectivity index (χ3n) is 3.36. The van der Waals surface area contributed by atoms with Crippen molar-refractivity contribution in [2.75, 3.05) is 30.9 Å². The topological polar surface area (TPSA) is 82.6 Å². The zero-order valence-electron chi connectivity index (χ0n) is 11.8. The van der Waals surface area contributed by atoms with Crippen LogP contribution in [0.25, 0.3) is 0 Å². The molecule has 5 nitrogen and oxygen atoms in total. The van der Waals surface area contributed by atoms with E-state index >= 15 is 0 Å². The monoisotopic (exact) mass is 295 g/mol. The van der Waals surface area contributed by atoms with Crippen LogP contribution in [0.5, 0.6) is 0 Å². The zero-order valence-corrected chi connectivity index (χ0v) is 12.6. The summed E-state index contributed by atoms with van der Waals surface area (Å²) in [5.74, 6) is 0.0737. The Balaban J connectivity index is 2.38. The second kappa shape index (κ2) is 6.47. The Bertz CT molecular complexity index is 495. The van der Waals surface area contributed by atoms with Crippen molar-refractivity contribution in [3.05, 3.63) is 23.8 Å². The molecule has 0 bridgehead atoms. The van der Waals surface area contributed by atoms with Gasteiger partial charge in [-0.3, -0.25) is 5.41 Å². The summed E-state index contributed by atoms with van der Waals surface area (Å²) < 4.78 is 5.66. The number of hydrogen-bond donors (Lipinski definition) is 3. The van der Waals surface area contributed by atoms with Crippen LogP contribution in [0.1, 0.15) is 12.5 Å². The van der Waals surface area contributed by atoms with Crippen molar-refractivity contribution in [1.82, 2.24) is 0 Å². The number of ether oxygens (including phenoxy) is 1. The van der Waals surface area contributed by atoms with E-state index < -0.39 is 0 Å². The Morgan fingerprint density at radius 3 is 2.90 bits per heavy atom. The molecule has 0 spiro atoms. The second-order valence-corrected chi connectivity index (χ2v) is 5.77. The number of nitrogens with one attached hydrogen (secondary N) is 1. The SMILES string of the molecule is CSc1cccc(N2CC(C)OC(CO)C2)c1C(=N)N. The van der Waals surface area contributed by atoms with Crippen LogP contribution in [0.3, 0.4) is 0 Å². The number of morpholine rings is 1. The number of hydrogen-bond acceptors (Lipinski definition) is 5. The lowest BCUT2D eigenvalue weighted by Crippen LogP contribution is -2.48. The van der Waals surface area contributed by atoms with Gasteiger partial charge < -0.3 is 20.5 Å². The molecule has 1 fully saturated rings. The predicted octanol–water partition coefficient (Wildman–Crippen LogP) is 1.28. The van der Waals surface area contributed by atoms with Crippen LogP contribution in [0.2, 0.25) is 0 Å². The summed E-state index contributed by atoms with van der Waals surface area (Å²) in [6, 6.07) is 5.92. The molecular weight excluding hydrogens is 274 g/mol. The van der Waals surface area contributed by atoms with Crippen molar-refractivity contribution in [2.24, 2.45) is 5.73 Å². The van der Waals surface area contributed by atoms with E-state index in [1.54, 1.807) is 11.8 Å². The molecule has 1 heterocycles. The summed E-state index contributed by atoms with van der Waals surface area (Å²) in [6.07, 6.45) is 1.82. The van der Waals surface area contributed by atoms with E-state index in [2.05, 4.69) is 4.90 Å². The standard InChI is InChI=1S/C14H21N3O2S/c1-9-6-17(7-10(8-18)19-9)11-4-3-5-12(20-2)13(11)14(15)16/h3-5,9-10,18H,6-8H2,1-2H3,(H3,15,16). The minimum atomic E-state index is -0.198. The zero-order chi connectivity index (χ0) is 14.7. The quantitative estimate of drug-likeness (QED) is 0.443. The van der Waals surface area contributed by atoms with Crippen LogP contribution in [0.4, 0.5) is 5.69 Å². The number of amidine groups is 1. The van der Waals surface area contributed by atoms with Crippen molar-refractivity contribution >= 4 is 23.3 Å². The van der Waals surface area contributed by atoms with Crippen LogP contribution in [0, 0.1) is 5.41 Å². The van der Waals surface area contributed by atoms with E-state index in [-0.39, 0.29) is 24.7 Å². The first kappa shape index (κ1) is 15.2. The molecule has 20 heavy (non-hydrogen) atoms. The fourth-order valence-electron chi connectivity index (χ4n) is 2.57. The summed E-state index contributed by atoms with van der Waals surface area (Å²) in [5, 5.41) is 17.2. The molecule has 1 aromatic rings. The lowest BCUT2D eigenvalue weighted by atomic mass is 10.1. The van der Waals surface area contributed by atoms with Gasteiger partial charge in [0.2, 0.25) is 0 Å². The van der Waals surface area contributed by atoms with Crippen molar-refractivity contribution in [2.45, 2.75) is 24.0 Å². The molecule has 2 atom stereocenters. The van der Waals surface area contributed by atoms with Crippen molar-refractivity contribution in [1.29, 1.82) is 5.41 Å². The Hall–Kier alpha value is -1.24. The lowest BCUT2D eigenvalue weighted by molar-refractivity contribution is -0.0421. The van der Waals surface area contributed by atoms with Gasteiger partial charge >= 0.3 is 0 Å². The number of aliphatic hydroxyl groups is 1. The Labute approximate surface area is 123 Å². The molecule has 2 unspecified atom stereocenters. The minimum Gasteiger partial charge on any atom is -0.394 e. The van der Waals surface area contributed by atoms with Crippen LogP contribution in [-0.4, -0.2) is 49.1 Å². The molecule has 1 saturated heterocycles. The molecule has 0 saturated carbocycles. The lowest BCUT2D eigenvalue weighted by Gasteiger charge is -2.38. The van der Waals surface area contributed by atoms with Crippen LogP contribution in [-0.2, 0) is 4.74 Å². The summed E-state index contributed by atoms with van der Waals surface area (Å²) in [7, 11) is 0. The van der Waals surface area contributed by atoms with Crippen LogP contribution in [0.15, 0.2) is 23.1 Å². The molecule has 1 aliphatic heterocycles. The van der Waals surface area contributed by atoms with Gasteiger partial charge in [0.25, 0.3) is 0 Å². The van der Waals surface area contributed by atoms with E-state index in [1.807, 2.05) is 31.4 Å². The number of nitrogens with two attached hydrogens (primary N) is 1. The van der Waals surface area contributed by atoms with E-state index in [4.69, 9.17) is 15.9 Å². The van der Waals surface area contributed by atoms with Crippen molar-refractivity contribution < 1.29 is 9.84 Å². The molecule has 110 valence electrons. The smallest absolute Gasteiger partial charge is 0.126 e. The number of aliphatic hydroxyl groups excluding tert-OH is 1. The maximum Gasteiger partial charge on any atom is 0.126 e. The number of rotatable bonds is 4. The highest BCUT2D eigenvalue weighted by atomic mass is 32.2. The molecule has 0 aromatic heterocycles. The molecule has 6 heteroatoms. The predicted molar refractivity (Wildman–Crippen MR) is 82.9 cm³/mol. The summed E-state index contributed by atoms with van der Waals surface area (Å²) in [6.45, 7) is 3.33.